The summed E-state index contributed by atoms with van der Waals surface area (Å²) >= 11 is 5.30. The van der Waals surface area contributed by atoms with Crippen molar-refractivity contribution in [1.29, 1.82) is 0 Å². The predicted octanol–water partition coefficient (Wildman–Crippen LogP) is 2.84. The second-order valence-corrected chi connectivity index (χ2v) is 6.16. The van der Waals surface area contributed by atoms with Crippen LogP contribution in [0.15, 0.2) is 24.3 Å². The minimum absolute atomic E-state index is 0.389. The quantitative estimate of drug-likeness (QED) is 0.786. The molecule has 0 spiro atoms. The molecule has 0 aliphatic rings. The van der Waals surface area contributed by atoms with Gasteiger partial charge in [-0.3, -0.25) is 4.72 Å². The molecule has 0 aromatic heterocycles. The van der Waals surface area contributed by atoms with Gasteiger partial charge in [-0.1, -0.05) is 6.92 Å². The zero-order valence-electron chi connectivity index (χ0n) is 9.90. The van der Waals surface area contributed by atoms with Gasteiger partial charge < -0.3 is 5.32 Å². The molecule has 0 saturated heterocycles. The van der Waals surface area contributed by atoms with Crippen LogP contribution in [0.4, 0.5) is 11.4 Å². The van der Waals surface area contributed by atoms with Gasteiger partial charge in [-0.05, 0) is 37.6 Å². The summed E-state index contributed by atoms with van der Waals surface area (Å²) in [5.41, 5.74) is 1.48. The Labute approximate surface area is 107 Å². The molecule has 0 fully saturated rings. The van der Waals surface area contributed by atoms with Crippen LogP contribution in [-0.4, -0.2) is 19.7 Å². The molecular weight excluding hydrogens is 260 g/mol. The minimum atomic E-state index is -3.42. The molecule has 0 aliphatic carbocycles. The van der Waals surface area contributed by atoms with Crippen molar-refractivity contribution in [2.45, 2.75) is 26.3 Å². The molecule has 1 rings (SSSR count). The van der Waals surface area contributed by atoms with Crippen LogP contribution < -0.4 is 10.0 Å². The van der Waals surface area contributed by atoms with Crippen LogP contribution in [0.5, 0.6) is 0 Å². The summed E-state index contributed by atoms with van der Waals surface area (Å²) in [5, 5.41) is 2.85. The highest BCUT2D eigenvalue weighted by Gasteiger charge is 2.07. The molecule has 1 aromatic carbocycles. The van der Waals surface area contributed by atoms with E-state index in [0.29, 0.717) is 11.7 Å². The van der Waals surface area contributed by atoms with Gasteiger partial charge in [-0.2, -0.15) is 0 Å². The summed E-state index contributed by atoms with van der Waals surface area (Å²) in [7, 11) is -3.42. The summed E-state index contributed by atoms with van der Waals surface area (Å²) in [6, 6.07) is 7.46. The zero-order valence-corrected chi connectivity index (χ0v) is 11.5. The molecule has 1 atom stereocenters. The first kappa shape index (κ1) is 14.1. The highest BCUT2D eigenvalue weighted by atomic mass is 35.5. The van der Waals surface area contributed by atoms with Gasteiger partial charge in [0.15, 0.2) is 0 Å². The van der Waals surface area contributed by atoms with E-state index >= 15 is 0 Å². The van der Waals surface area contributed by atoms with E-state index in [-0.39, 0.29) is 0 Å². The Bertz CT molecular complexity index is 445. The Balaban J connectivity index is 2.68. The molecule has 17 heavy (non-hydrogen) atoms. The van der Waals surface area contributed by atoms with Crippen LogP contribution in [0, 0.1) is 0 Å². The standard InChI is InChI=1S/C11H17ClN2O2S/c1-3-9(2)13-10-4-6-11(7-5-10)14-17(15,16)8-12/h4-7,9,13-14H,3,8H2,1-2H3/t9-/m0/s1. The van der Waals surface area contributed by atoms with Gasteiger partial charge in [-0.15, -0.1) is 11.6 Å². The van der Waals surface area contributed by atoms with Gasteiger partial charge in [-0.25, -0.2) is 8.42 Å². The van der Waals surface area contributed by atoms with Crippen LogP contribution in [0.1, 0.15) is 20.3 Å². The summed E-state index contributed by atoms with van der Waals surface area (Å²) in [4.78, 5) is 0. The first-order chi connectivity index (χ1) is 7.96. The molecule has 4 nitrogen and oxygen atoms in total. The fourth-order valence-corrected chi connectivity index (χ4v) is 1.94. The molecule has 0 amide bonds. The normalized spacial score (nSPS) is 13.1. The average molecular weight is 277 g/mol. The Morgan fingerprint density at radius 2 is 1.76 bits per heavy atom. The molecular formula is C11H17ClN2O2S. The largest absolute Gasteiger partial charge is 0.383 e. The van der Waals surface area contributed by atoms with Gasteiger partial charge in [0.2, 0.25) is 10.0 Å². The van der Waals surface area contributed by atoms with Crippen LogP contribution >= 0.6 is 11.6 Å². The molecule has 1 aromatic rings. The summed E-state index contributed by atoms with van der Waals surface area (Å²) in [5.74, 6) is 0. The zero-order chi connectivity index (χ0) is 12.9. The number of benzene rings is 1. The Morgan fingerprint density at radius 3 is 2.24 bits per heavy atom. The predicted molar refractivity (Wildman–Crippen MR) is 73.1 cm³/mol. The van der Waals surface area contributed by atoms with E-state index in [4.69, 9.17) is 11.6 Å². The lowest BCUT2D eigenvalue weighted by Crippen LogP contribution is -2.14. The number of hydrogen-bond donors (Lipinski definition) is 2. The summed E-state index contributed by atoms with van der Waals surface area (Å²) in [6.45, 7) is 4.19. The van der Waals surface area contributed by atoms with Crippen LogP contribution in [0.3, 0.4) is 0 Å². The number of sulfonamides is 1. The maximum absolute atomic E-state index is 11.2. The van der Waals surface area contributed by atoms with Gasteiger partial charge in [0, 0.05) is 17.4 Å². The molecule has 0 bridgehead atoms. The molecule has 96 valence electrons. The molecule has 0 unspecified atom stereocenters. The van der Waals surface area contributed by atoms with Crippen LogP contribution in [0.2, 0.25) is 0 Å². The van der Waals surface area contributed by atoms with Crippen molar-refractivity contribution in [3.05, 3.63) is 24.3 Å². The number of hydrogen-bond acceptors (Lipinski definition) is 3. The lowest BCUT2D eigenvalue weighted by atomic mass is 10.2. The third-order valence-electron chi connectivity index (χ3n) is 2.33. The van der Waals surface area contributed by atoms with E-state index < -0.39 is 15.2 Å². The number of halogens is 1. The Kier molecular flexibility index (Phi) is 5.08. The average Bonchev–Trinajstić information content (AvgIpc) is 2.31. The van der Waals surface area contributed by atoms with Crippen molar-refractivity contribution in [1.82, 2.24) is 0 Å². The fraction of sp³-hybridized carbons (Fsp3) is 0.455. The molecule has 0 saturated carbocycles. The van der Waals surface area contributed by atoms with Crippen molar-refractivity contribution in [3.8, 4) is 0 Å². The lowest BCUT2D eigenvalue weighted by molar-refractivity contribution is 0.605. The second-order valence-electron chi connectivity index (χ2n) is 3.86. The first-order valence-electron chi connectivity index (χ1n) is 5.40. The van der Waals surface area contributed by atoms with Crippen LogP contribution in [-0.2, 0) is 10.0 Å². The lowest BCUT2D eigenvalue weighted by Gasteiger charge is -2.13. The van der Waals surface area contributed by atoms with E-state index in [1.54, 1.807) is 12.1 Å². The topological polar surface area (TPSA) is 58.2 Å². The van der Waals surface area contributed by atoms with Crippen molar-refractivity contribution in [2.75, 3.05) is 15.3 Å². The third kappa shape index (κ3) is 4.83. The molecule has 6 heteroatoms. The summed E-state index contributed by atoms with van der Waals surface area (Å²) in [6.07, 6.45) is 1.03. The highest BCUT2D eigenvalue weighted by molar-refractivity contribution is 7.93. The van der Waals surface area contributed by atoms with Crippen molar-refractivity contribution < 1.29 is 8.42 Å². The number of anilines is 2. The van der Waals surface area contributed by atoms with Gasteiger partial charge in [0.1, 0.15) is 5.21 Å². The summed E-state index contributed by atoms with van der Waals surface area (Å²) < 4.78 is 24.8. The Hall–Kier alpha value is -0.940. The maximum Gasteiger partial charge on any atom is 0.246 e. The first-order valence-corrected chi connectivity index (χ1v) is 7.58. The molecule has 0 heterocycles. The second kappa shape index (κ2) is 6.12. The van der Waals surface area contributed by atoms with E-state index in [0.717, 1.165) is 12.1 Å². The van der Waals surface area contributed by atoms with Gasteiger partial charge in [0.25, 0.3) is 0 Å². The number of nitrogens with one attached hydrogen (secondary N) is 2. The Morgan fingerprint density at radius 1 is 1.24 bits per heavy atom. The molecule has 0 radical (unpaired) electrons. The molecule has 2 N–H and O–H groups in total. The third-order valence-corrected chi connectivity index (χ3v) is 4.02. The van der Waals surface area contributed by atoms with Crippen molar-refractivity contribution in [3.63, 3.8) is 0 Å². The monoisotopic (exact) mass is 276 g/mol. The molecule has 0 aliphatic heterocycles. The van der Waals surface area contributed by atoms with Crippen molar-refractivity contribution in [2.24, 2.45) is 0 Å². The minimum Gasteiger partial charge on any atom is -0.383 e. The SMILES string of the molecule is CC[C@H](C)Nc1ccc(NS(=O)(=O)CCl)cc1. The van der Waals surface area contributed by atoms with Crippen molar-refractivity contribution >= 4 is 33.0 Å². The van der Waals surface area contributed by atoms with Gasteiger partial charge >= 0.3 is 0 Å². The van der Waals surface area contributed by atoms with Crippen LogP contribution in [0.25, 0.3) is 0 Å². The van der Waals surface area contributed by atoms with E-state index in [9.17, 15) is 8.42 Å². The number of alkyl halides is 1. The smallest absolute Gasteiger partial charge is 0.246 e. The number of rotatable bonds is 6. The maximum atomic E-state index is 11.2. The van der Waals surface area contributed by atoms with E-state index in [1.807, 2.05) is 12.1 Å². The van der Waals surface area contributed by atoms with Gasteiger partial charge in [0.05, 0.1) is 0 Å². The van der Waals surface area contributed by atoms with E-state index in [2.05, 4.69) is 23.9 Å². The highest BCUT2D eigenvalue weighted by Crippen LogP contribution is 2.16. The van der Waals surface area contributed by atoms with E-state index in [1.165, 1.54) is 0 Å². The fourth-order valence-electron chi connectivity index (χ4n) is 1.23.